The van der Waals surface area contributed by atoms with Crippen molar-refractivity contribution in [1.82, 2.24) is 5.32 Å². The Morgan fingerprint density at radius 2 is 1.79 bits per heavy atom. The van der Waals surface area contributed by atoms with Gasteiger partial charge in [0.05, 0.1) is 19.3 Å². The van der Waals surface area contributed by atoms with Crippen LogP contribution >= 0.6 is 0 Å². The van der Waals surface area contributed by atoms with E-state index in [1.54, 1.807) is 14.0 Å². The van der Waals surface area contributed by atoms with Crippen LogP contribution in [0.2, 0.25) is 0 Å². The number of ketones is 1. The zero-order valence-electron chi connectivity index (χ0n) is 19.7. The van der Waals surface area contributed by atoms with Crippen molar-refractivity contribution in [3.05, 3.63) is 87.8 Å². The number of carbonyl (C=O) groups excluding carboxylic acids is 2. The lowest BCUT2D eigenvalue weighted by atomic mass is 9.71. The maximum absolute atomic E-state index is 13.6. The molecule has 0 saturated carbocycles. The Balaban J connectivity index is 1.80. The normalized spacial score (nSPS) is 20.3. The molecule has 2 aromatic carbocycles. The predicted octanol–water partition coefficient (Wildman–Crippen LogP) is 5.18. The first-order valence-corrected chi connectivity index (χ1v) is 11.6. The average Bonchev–Trinajstić information content (AvgIpc) is 2.83. The molecule has 4 rings (SSSR count). The number of methoxy groups -OCH3 is 1. The van der Waals surface area contributed by atoms with Crippen molar-refractivity contribution in [3.63, 3.8) is 0 Å². The van der Waals surface area contributed by atoms with Crippen LogP contribution in [-0.2, 0) is 20.7 Å². The molecule has 33 heavy (non-hydrogen) atoms. The molecule has 1 N–H and O–H groups in total. The summed E-state index contributed by atoms with van der Waals surface area (Å²) in [5.74, 6) is 0.0513. The van der Waals surface area contributed by atoms with E-state index in [2.05, 4.69) is 24.4 Å². The zero-order valence-corrected chi connectivity index (χ0v) is 19.7. The summed E-state index contributed by atoms with van der Waals surface area (Å²) in [5, 5.41) is 3.39. The summed E-state index contributed by atoms with van der Waals surface area (Å²) in [7, 11) is 1.65. The van der Waals surface area contributed by atoms with E-state index in [-0.39, 0.29) is 24.3 Å². The zero-order chi connectivity index (χ0) is 23.5. The molecule has 2 atom stereocenters. The quantitative estimate of drug-likeness (QED) is 0.621. The first-order valence-electron chi connectivity index (χ1n) is 11.6. The van der Waals surface area contributed by atoms with Crippen LogP contribution in [0.25, 0.3) is 0 Å². The second kappa shape index (κ2) is 9.65. The lowest BCUT2D eigenvalue weighted by Crippen LogP contribution is -2.36. The van der Waals surface area contributed by atoms with Crippen LogP contribution in [0.1, 0.15) is 62.1 Å². The summed E-state index contributed by atoms with van der Waals surface area (Å²) in [6.45, 7) is 6.08. The standard InChI is InChI=1S/C28H31NO4/c1-5-18-11-13-19(14-12-18)26-25(28(31)33-6-2)17(3)29-22-15-20(16-23(30)27(22)26)21-9-7-8-10-24(21)32-4/h7-14,20,26,29H,5-6,15-16H2,1-4H3. The Kier molecular flexibility index (Phi) is 6.68. The van der Waals surface area contributed by atoms with Gasteiger partial charge in [-0.15, -0.1) is 0 Å². The molecular formula is C28H31NO4. The van der Waals surface area contributed by atoms with Crippen LogP contribution in [0, 0.1) is 0 Å². The number of aryl methyl sites for hydroxylation is 1. The number of rotatable bonds is 6. The summed E-state index contributed by atoms with van der Waals surface area (Å²) >= 11 is 0. The average molecular weight is 446 g/mol. The minimum atomic E-state index is -0.433. The van der Waals surface area contributed by atoms with E-state index >= 15 is 0 Å². The fourth-order valence-electron chi connectivity index (χ4n) is 5.02. The van der Waals surface area contributed by atoms with Crippen molar-refractivity contribution < 1.29 is 19.1 Å². The number of hydrogen-bond acceptors (Lipinski definition) is 5. The molecule has 1 aliphatic carbocycles. The van der Waals surface area contributed by atoms with Gasteiger partial charge < -0.3 is 14.8 Å². The molecule has 5 heteroatoms. The Labute approximate surface area is 195 Å². The third kappa shape index (κ3) is 4.32. The van der Waals surface area contributed by atoms with E-state index in [0.717, 1.165) is 34.7 Å². The second-order valence-corrected chi connectivity index (χ2v) is 8.57. The van der Waals surface area contributed by atoms with Gasteiger partial charge in [0.2, 0.25) is 0 Å². The Bertz CT molecular complexity index is 1130. The van der Waals surface area contributed by atoms with Crippen molar-refractivity contribution in [1.29, 1.82) is 0 Å². The molecule has 0 bridgehead atoms. The molecule has 0 fully saturated rings. The highest BCUT2D eigenvalue weighted by Gasteiger charge is 2.41. The van der Waals surface area contributed by atoms with Crippen molar-refractivity contribution in [2.45, 2.75) is 51.9 Å². The molecule has 0 amide bonds. The largest absolute Gasteiger partial charge is 0.496 e. The number of hydrogen-bond donors (Lipinski definition) is 1. The topological polar surface area (TPSA) is 64.6 Å². The summed E-state index contributed by atoms with van der Waals surface area (Å²) < 4.78 is 11.0. The fraction of sp³-hybridized carbons (Fsp3) is 0.357. The Hall–Kier alpha value is -3.34. The SMILES string of the molecule is CCOC(=O)C1=C(C)NC2=C(C(=O)CC(c3ccccc3OC)C2)C1c1ccc(CC)cc1. The van der Waals surface area contributed by atoms with Crippen LogP contribution in [0.15, 0.2) is 71.1 Å². The second-order valence-electron chi connectivity index (χ2n) is 8.57. The third-order valence-electron chi connectivity index (χ3n) is 6.62. The van der Waals surface area contributed by atoms with Crippen molar-refractivity contribution >= 4 is 11.8 Å². The van der Waals surface area contributed by atoms with E-state index in [4.69, 9.17) is 9.47 Å². The van der Waals surface area contributed by atoms with Gasteiger partial charge in [0, 0.05) is 35.2 Å². The number of carbonyl (C=O) groups is 2. The molecular weight excluding hydrogens is 414 g/mol. The first kappa shape index (κ1) is 22.8. The molecule has 0 radical (unpaired) electrons. The van der Waals surface area contributed by atoms with Crippen molar-refractivity contribution in [3.8, 4) is 5.75 Å². The highest BCUT2D eigenvalue weighted by molar-refractivity contribution is 6.04. The number of esters is 1. The number of benzene rings is 2. The fourth-order valence-corrected chi connectivity index (χ4v) is 5.02. The number of ether oxygens (including phenoxy) is 2. The molecule has 1 heterocycles. The minimum absolute atomic E-state index is 0.0139. The molecule has 0 saturated heterocycles. The predicted molar refractivity (Wildman–Crippen MR) is 128 cm³/mol. The third-order valence-corrected chi connectivity index (χ3v) is 6.62. The van der Waals surface area contributed by atoms with E-state index < -0.39 is 5.92 Å². The maximum atomic E-state index is 13.6. The summed E-state index contributed by atoms with van der Waals surface area (Å²) in [4.78, 5) is 26.6. The van der Waals surface area contributed by atoms with Gasteiger partial charge in [-0.1, -0.05) is 49.4 Å². The Morgan fingerprint density at radius 3 is 2.45 bits per heavy atom. The van der Waals surface area contributed by atoms with Gasteiger partial charge in [0.15, 0.2) is 5.78 Å². The van der Waals surface area contributed by atoms with Gasteiger partial charge in [0.25, 0.3) is 0 Å². The van der Waals surface area contributed by atoms with Gasteiger partial charge in [0.1, 0.15) is 5.75 Å². The highest BCUT2D eigenvalue weighted by Crippen LogP contribution is 2.46. The number of allylic oxidation sites excluding steroid dienone is 3. The van der Waals surface area contributed by atoms with Gasteiger partial charge in [-0.25, -0.2) is 4.79 Å². The van der Waals surface area contributed by atoms with Gasteiger partial charge in [-0.05, 0) is 49.4 Å². The maximum Gasteiger partial charge on any atom is 0.336 e. The number of para-hydroxylation sites is 1. The molecule has 2 unspecified atom stereocenters. The molecule has 2 aliphatic rings. The van der Waals surface area contributed by atoms with E-state index in [0.29, 0.717) is 24.0 Å². The molecule has 1 aliphatic heterocycles. The Morgan fingerprint density at radius 1 is 1.06 bits per heavy atom. The summed E-state index contributed by atoms with van der Waals surface area (Å²) in [6, 6.07) is 16.1. The van der Waals surface area contributed by atoms with E-state index in [1.807, 2.05) is 43.3 Å². The van der Waals surface area contributed by atoms with Gasteiger partial charge in [-0.3, -0.25) is 4.79 Å². The lowest BCUT2D eigenvalue weighted by molar-refractivity contribution is -0.138. The molecule has 5 nitrogen and oxygen atoms in total. The smallest absolute Gasteiger partial charge is 0.336 e. The summed E-state index contributed by atoms with van der Waals surface area (Å²) in [6.07, 6.45) is 1.98. The van der Waals surface area contributed by atoms with E-state index in [1.165, 1.54) is 5.56 Å². The summed E-state index contributed by atoms with van der Waals surface area (Å²) in [5.41, 5.74) is 6.01. The van der Waals surface area contributed by atoms with Crippen LogP contribution in [0.5, 0.6) is 5.75 Å². The van der Waals surface area contributed by atoms with Crippen LogP contribution in [0.4, 0.5) is 0 Å². The molecule has 0 spiro atoms. The monoisotopic (exact) mass is 445 g/mol. The van der Waals surface area contributed by atoms with E-state index in [9.17, 15) is 9.59 Å². The van der Waals surface area contributed by atoms with Crippen molar-refractivity contribution in [2.24, 2.45) is 0 Å². The van der Waals surface area contributed by atoms with Gasteiger partial charge >= 0.3 is 5.97 Å². The number of Topliss-reactive ketones (excluding diaryl/α,β-unsaturated/α-hetero) is 1. The first-order chi connectivity index (χ1) is 16.0. The van der Waals surface area contributed by atoms with Crippen LogP contribution in [-0.4, -0.2) is 25.5 Å². The minimum Gasteiger partial charge on any atom is -0.496 e. The lowest BCUT2D eigenvalue weighted by Gasteiger charge is -2.37. The van der Waals surface area contributed by atoms with Gasteiger partial charge in [-0.2, -0.15) is 0 Å². The van der Waals surface area contributed by atoms with Crippen LogP contribution in [0.3, 0.4) is 0 Å². The van der Waals surface area contributed by atoms with Crippen molar-refractivity contribution in [2.75, 3.05) is 13.7 Å². The van der Waals surface area contributed by atoms with Crippen LogP contribution < -0.4 is 10.1 Å². The highest BCUT2D eigenvalue weighted by atomic mass is 16.5. The number of nitrogens with one attached hydrogen (secondary N) is 1. The molecule has 172 valence electrons. The number of dihydropyridines is 1. The molecule has 2 aromatic rings. The molecule has 0 aromatic heterocycles.